The van der Waals surface area contributed by atoms with Gasteiger partial charge in [0, 0.05) is 4.47 Å². The van der Waals surface area contributed by atoms with E-state index in [1.165, 1.54) is 6.07 Å². The first-order chi connectivity index (χ1) is 8.27. The van der Waals surface area contributed by atoms with Crippen molar-refractivity contribution in [1.29, 1.82) is 0 Å². The molecule has 0 aliphatic heterocycles. The molecule has 0 atom stereocenters. The van der Waals surface area contributed by atoms with Crippen LogP contribution in [-0.4, -0.2) is 19.9 Å². The summed E-state index contributed by atoms with van der Waals surface area (Å²) in [6.45, 7) is 1.70. The lowest BCUT2D eigenvalue weighted by Gasteiger charge is -2.15. The first-order valence-corrected chi connectivity index (χ1v) is 7.64. The van der Waals surface area contributed by atoms with Crippen molar-refractivity contribution in [2.24, 2.45) is 5.73 Å². The van der Waals surface area contributed by atoms with Crippen LogP contribution in [0.25, 0.3) is 0 Å². The molecule has 18 heavy (non-hydrogen) atoms. The number of nitrogens with two attached hydrogens (primary N) is 1. The quantitative estimate of drug-likeness (QED) is 0.863. The van der Waals surface area contributed by atoms with E-state index < -0.39 is 21.5 Å². The second kappa shape index (κ2) is 4.32. The van der Waals surface area contributed by atoms with E-state index in [9.17, 15) is 13.2 Å². The zero-order valence-corrected chi connectivity index (χ0v) is 12.1. The third kappa shape index (κ3) is 2.43. The first kappa shape index (κ1) is 13.5. The van der Waals surface area contributed by atoms with E-state index >= 15 is 0 Å². The van der Waals surface area contributed by atoms with E-state index in [1.54, 1.807) is 19.1 Å². The van der Waals surface area contributed by atoms with Crippen LogP contribution >= 0.6 is 15.9 Å². The fourth-order valence-corrected chi connectivity index (χ4v) is 3.88. The van der Waals surface area contributed by atoms with Gasteiger partial charge >= 0.3 is 0 Å². The molecule has 1 aliphatic carbocycles. The van der Waals surface area contributed by atoms with Gasteiger partial charge in [0.25, 0.3) is 0 Å². The van der Waals surface area contributed by atoms with E-state index in [-0.39, 0.29) is 4.90 Å². The second-order valence-electron chi connectivity index (χ2n) is 4.46. The van der Waals surface area contributed by atoms with Crippen molar-refractivity contribution < 1.29 is 13.2 Å². The third-order valence-corrected chi connectivity index (χ3v) is 5.17. The highest BCUT2D eigenvalue weighted by Gasteiger charge is 2.51. The molecule has 0 unspecified atom stereocenters. The zero-order chi connectivity index (χ0) is 13.6. The molecular formula is C11H13BrN2O3S. The van der Waals surface area contributed by atoms with Gasteiger partial charge in [-0.3, -0.25) is 4.79 Å². The molecule has 5 nitrogen and oxygen atoms in total. The number of carbonyl (C=O) groups excluding carboxylic acids is 1. The van der Waals surface area contributed by atoms with Crippen LogP contribution in [0.15, 0.2) is 27.6 Å². The molecule has 0 spiro atoms. The lowest BCUT2D eigenvalue weighted by atomic mass is 10.2. The first-order valence-electron chi connectivity index (χ1n) is 5.37. The van der Waals surface area contributed by atoms with E-state index in [2.05, 4.69) is 20.7 Å². The van der Waals surface area contributed by atoms with E-state index in [4.69, 9.17) is 5.73 Å². The Morgan fingerprint density at radius 3 is 2.50 bits per heavy atom. The van der Waals surface area contributed by atoms with Crippen molar-refractivity contribution in [3.63, 3.8) is 0 Å². The monoisotopic (exact) mass is 332 g/mol. The number of sulfonamides is 1. The number of hydrogen-bond acceptors (Lipinski definition) is 3. The highest BCUT2D eigenvalue weighted by atomic mass is 79.9. The molecule has 7 heteroatoms. The van der Waals surface area contributed by atoms with Crippen LogP contribution in [0.4, 0.5) is 0 Å². The molecule has 1 aromatic rings. The minimum absolute atomic E-state index is 0.165. The molecule has 1 aromatic carbocycles. The number of carbonyl (C=O) groups is 1. The molecule has 0 heterocycles. The van der Waals surface area contributed by atoms with Crippen molar-refractivity contribution in [1.82, 2.24) is 4.72 Å². The predicted octanol–water partition coefficient (Wildman–Crippen LogP) is 1.05. The van der Waals surface area contributed by atoms with Crippen LogP contribution in [0.2, 0.25) is 0 Å². The average Bonchev–Trinajstić information content (AvgIpc) is 2.97. The molecular weight excluding hydrogens is 320 g/mol. The molecule has 0 bridgehead atoms. The molecule has 3 N–H and O–H groups in total. The molecule has 1 saturated carbocycles. The fourth-order valence-electron chi connectivity index (χ4n) is 1.75. The minimum Gasteiger partial charge on any atom is -0.368 e. The van der Waals surface area contributed by atoms with Crippen LogP contribution < -0.4 is 10.5 Å². The van der Waals surface area contributed by atoms with Crippen LogP contribution in [0.1, 0.15) is 18.4 Å². The molecule has 0 saturated heterocycles. The van der Waals surface area contributed by atoms with Crippen LogP contribution in [-0.2, 0) is 14.8 Å². The lowest BCUT2D eigenvalue weighted by molar-refractivity contribution is -0.120. The van der Waals surface area contributed by atoms with Gasteiger partial charge in [-0.1, -0.05) is 15.9 Å². The largest absolute Gasteiger partial charge is 0.368 e. The maximum absolute atomic E-state index is 12.2. The summed E-state index contributed by atoms with van der Waals surface area (Å²) < 4.78 is 27.6. The summed E-state index contributed by atoms with van der Waals surface area (Å²) >= 11 is 3.27. The second-order valence-corrected chi connectivity index (χ2v) is 7.03. The van der Waals surface area contributed by atoms with Crippen molar-refractivity contribution in [3.05, 3.63) is 28.2 Å². The highest BCUT2D eigenvalue weighted by molar-refractivity contribution is 9.10. The number of benzene rings is 1. The van der Waals surface area contributed by atoms with Crippen molar-refractivity contribution in [3.8, 4) is 0 Å². The summed E-state index contributed by atoms with van der Waals surface area (Å²) in [6.07, 6.45) is 0.911. The third-order valence-electron chi connectivity index (χ3n) is 2.98. The van der Waals surface area contributed by atoms with Gasteiger partial charge in [-0.2, -0.15) is 4.72 Å². The Morgan fingerprint density at radius 1 is 1.44 bits per heavy atom. The van der Waals surface area contributed by atoms with Gasteiger partial charge in [0.15, 0.2) is 0 Å². The van der Waals surface area contributed by atoms with Crippen molar-refractivity contribution >= 4 is 31.9 Å². The smallest absolute Gasteiger partial charge is 0.241 e. The van der Waals surface area contributed by atoms with Gasteiger partial charge in [0.2, 0.25) is 15.9 Å². The fraction of sp³-hybridized carbons (Fsp3) is 0.364. The summed E-state index contributed by atoms with van der Waals surface area (Å²) in [7, 11) is -3.72. The Labute approximate surface area is 114 Å². The van der Waals surface area contributed by atoms with Gasteiger partial charge in [-0.05, 0) is 43.5 Å². The number of primary amides is 1. The Balaban J connectivity index is 2.35. The van der Waals surface area contributed by atoms with Crippen LogP contribution in [0.5, 0.6) is 0 Å². The Bertz CT molecular complexity index is 609. The van der Waals surface area contributed by atoms with Crippen molar-refractivity contribution in [2.75, 3.05) is 0 Å². The molecule has 1 fully saturated rings. The van der Waals surface area contributed by atoms with Crippen LogP contribution in [0.3, 0.4) is 0 Å². The van der Waals surface area contributed by atoms with Gasteiger partial charge in [-0.15, -0.1) is 0 Å². The normalized spacial score (nSPS) is 17.4. The standard InChI is InChI=1S/C11H13BrN2O3S/c1-7-6-8(12)2-3-9(7)18(16,17)14-11(4-5-11)10(13)15/h2-3,6,14H,4-5H2,1H3,(H2,13,15). The van der Waals surface area contributed by atoms with E-state index in [0.29, 0.717) is 18.4 Å². The number of amides is 1. The number of aryl methyl sites for hydroxylation is 1. The van der Waals surface area contributed by atoms with Gasteiger partial charge < -0.3 is 5.73 Å². The Morgan fingerprint density at radius 2 is 2.06 bits per heavy atom. The van der Waals surface area contributed by atoms with Gasteiger partial charge in [0.1, 0.15) is 5.54 Å². The molecule has 0 radical (unpaired) electrons. The van der Waals surface area contributed by atoms with Gasteiger partial charge in [-0.25, -0.2) is 8.42 Å². The maximum atomic E-state index is 12.2. The molecule has 98 valence electrons. The minimum atomic E-state index is -3.72. The van der Waals surface area contributed by atoms with Crippen molar-refractivity contribution in [2.45, 2.75) is 30.2 Å². The number of hydrogen-bond donors (Lipinski definition) is 2. The molecule has 1 aliphatic rings. The van der Waals surface area contributed by atoms with Crippen LogP contribution in [0, 0.1) is 6.92 Å². The average molecular weight is 333 g/mol. The molecule has 1 amide bonds. The zero-order valence-electron chi connectivity index (χ0n) is 9.73. The summed E-state index contributed by atoms with van der Waals surface area (Å²) in [4.78, 5) is 11.4. The van der Waals surface area contributed by atoms with E-state index in [0.717, 1.165) is 4.47 Å². The van der Waals surface area contributed by atoms with E-state index in [1.807, 2.05) is 0 Å². The van der Waals surface area contributed by atoms with Gasteiger partial charge in [0.05, 0.1) is 4.90 Å². The Hall–Kier alpha value is -0.920. The highest BCUT2D eigenvalue weighted by Crippen LogP contribution is 2.36. The lowest BCUT2D eigenvalue weighted by Crippen LogP contribution is -2.46. The predicted molar refractivity (Wildman–Crippen MR) is 70.4 cm³/mol. The maximum Gasteiger partial charge on any atom is 0.241 e. The summed E-state index contributed by atoms with van der Waals surface area (Å²) in [5.74, 6) is -0.624. The summed E-state index contributed by atoms with van der Waals surface area (Å²) in [5, 5.41) is 0. The summed E-state index contributed by atoms with van der Waals surface area (Å²) in [5.41, 5.74) is 4.73. The summed E-state index contributed by atoms with van der Waals surface area (Å²) in [6, 6.07) is 4.85. The Kier molecular flexibility index (Phi) is 3.25. The molecule has 0 aromatic heterocycles. The number of rotatable bonds is 4. The number of nitrogens with one attached hydrogen (secondary N) is 1. The SMILES string of the molecule is Cc1cc(Br)ccc1S(=O)(=O)NC1(C(N)=O)CC1. The molecule has 2 rings (SSSR count). The topological polar surface area (TPSA) is 89.3 Å². The number of halogens is 1.